The zero-order valence-corrected chi connectivity index (χ0v) is 14.0. The molecule has 128 valence electrons. The van der Waals surface area contributed by atoms with Crippen molar-refractivity contribution < 1.29 is 14.3 Å². The Labute approximate surface area is 137 Å². The van der Waals surface area contributed by atoms with E-state index in [4.69, 9.17) is 15.2 Å². The maximum absolute atomic E-state index is 12.1. The standard InChI is InChI=1S/C17H27N3O3/c1-22-15-8-13(9-16(10-15)23-2)11-20-7-3-4-14(12-20)17(21)19-6-5-18/h8-10,14H,3-7,11-12,18H2,1-2H3,(H,19,21). The van der Waals surface area contributed by atoms with Crippen LogP contribution in [-0.4, -0.2) is 51.2 Å². The van der Waals surface area contributed by atoms with Gasteiger partial charge in [-0.3, -0.25) is 9.69 Å². The lowest BCUT2D eigenvalue weighted by molar-refractivity contribution is -0.126. The van der Waals surface area contributed by atoms with Gasteiger partial charge in [-0.15, -0.1) is 0 Å². The van der Waals surface area contributed by atoms with Crippen molar-refractivity contribution in [2.45, 2.75) is 19.4 Å². The first-order valence-corrected chi connectivity index (χ1v) is 8.08. The van der Waals surface area contributed by atoms with Crippen LogP contribution >= 0.6 is 0 Å². The maximum Gasteiger partial charge on any atom is 0.224 e. The molecule has 3 N–H and O–H groups in total. The van der Waals surface area contributed by atoms with E-state index in [9.17, 15) is 4.79 Å². The van der Waals surface area contributed by atoms with E-state index >= 15 is 0 Å². The number of rotatable bonds is 7. The van der Waals surface area contributed by atoms with Crippen LogP contribution in [0, 0.1) is 5.92 Å². The topological polar surface area (TPSA) is 76.8 Å². The normalized spacial score (nSPS) is 18.5. The second-order valence-corrected chi connectivity index (χ2v) is 5.87. The lowest BCUT2D eigenvalue weighted by Crippen LogP contribution is -2.43. The quantitative estimate of drug-likeness (QED) is 0.783. The number of likely N-dealkylation sites (tertiary alicyclic amines) is 1. The number of piperidine rings is 1. The molecule has 1 aromatic carbocycles. The molecule has 1 amide bonds. The third kappa shape index (κ3) is 5.11. The Bertz CT molecular complexity index is 500. The van der Waals surface area contributed by atoms with E-state index in [1.165, 1.54) is 0 Å². The Morgan fingerprint density at radius 3 is 2.61 bits per heavy atom. The number of benzene rings is 1. The van der Waals surface area contributed by atoms with Gasteiger partial charge in [-0.1, -0.05) is 0 Å². The molecule has 1 atom stereocenters. The first kappa shape index (κ1) is 17.6. The van der Waals surface area contributed by atoms with Crippen molar-refractivity contribution in [3.63, 3.8) is 0 Å². The van der Waals surface area contributed by atoms with E-state index < -0.39 is 0 Å². The van der Waals surface area contributed by atoms with Gasteiger partial charge in [-0.05, 0) is 37.1 Å². The Balaban J connectivity index is 1.98. The molecule has 6 heteroatoms. The van der Waals surface area contributed by atoms with Crippen molar-refractivity contribution in [3.05, 3.63) is 23.8 Å². The number of carbonyl (C=O) groups excluding carboxylic acids is 1. The second-order valence-electron chi connectivity index (χ2n) is 5.87. The zero-order valence-electron chi connectivity index (χ0n) is 14.0. The number of ether oxygens (including phenoxy) is 2. The molecular formula is C17H27N3O3. The van der Waals surface area contributed by atoms with E-state index in [1.807, 2.05) is 18.2 Å². The molecule has 1 aliphatic heterocycles. The minimum atomic E-state index is 0.0443. The van der Waals surface area contributed by atoms with Gasteiger partial charge in [-0.2, -0.15) is 0 Å². The van der Waals surface area contributed by atoms with Crippen LogP contribution in [0.1, 0.15) is 18.4 Å². The molecule has 1 aliphatic rings. The number of carbonyl (C=O) groups is 1. The van der Waals surface area contributed by atoms with Gasteiger partial charge < -0.3 is 20.5 Å². The van der Waals surface area contributed by atoms with Crippen LogP contribution in [0.4, 0.5) is 0 Å². The molecule has 6 nitrogen and oxygen atoms in total. The largest absolute Gasteiger partial charge is 0.497 e. The smallest absolute Gasteiger partial charge is 0.224 e. The van der Waals surface area contributed by atoms with Gasteiger partial charge in [0.25, 0.3) is 0 Å². The van der Waals surface area contributed by atoms with E-state index in [0.29, 0.717) is 13.1 Å². The Morgan fingerprint density at radius 2 is 2.00 bits per heavy atom. The third-order valence-electron chi connectivity index (χ3n) is 4.14. The molecule has 2 rings (SSSR count). The summed E-state index contributed by atoms with van der Waals surface area (Å²) in [6.45, 7) is 3.58. The van der Waals surface area contributed by atoms with Crippen LogP contribution in [-0.2, 0) is 11.3 Å². The van der Waals surface area contributed by atoms with Gasteiger partial charge in [0.05, 0.1) is 20.1 Å². The summed E-state index contributed by atoms with van der Waals surface area (Å²) < 4.78 is 10.6. The number of nitrogens with zero attached hydrogens (tertiary/aromatic N) is 1. The summed E-state index contributed by atoms with van der Waals surface area (Å²) in [7, 11) is 3.30. The third-order valence-corrected chi connectivity index (χ3v) is 4.14. The zero-order chi connectivity index (χ0) is 16.7. The molecule has 23 heavy (non-hydrogen) atoms. The molecule has 0 radical (unpaired) electrons. The number of methoxy groups -OCH3 is 2. The molecule has 1 fully saturated rings. The molecule has 1 saturated heterocycles. The van der Waals surface area contributed by atoms with Crippen molar-refractivity contribution in [2.75, 3.05) is 40.4 Å². The molecule has 1 aromatic rings. The van der Waals surface area contributed by atoms with Crippen LogP contribution in [0.5, 0.6) is 11.5 Å². The Morgan fingerprint density at radius 1 is 1.30 bits per heavy atom. The van der Waals surface area contributed by atoms with Crippen molar-refractivity contribution in [1.29, 1.82) is 0 Å². The van der Waals surface area contributed by atoms with E-state index in [0.717, 1.165) is 49.5 Å². The average Bonchev–Trinajstić information content (AvgIpc) is 2.59. The lowest BCUT2D eigenvalue weighted by Gasteiger charge is -2.32. The van der Waals surface area contributed by atoms with Crippen molar-refractivity contribution in [1.82, 2.24) is 10.2 Å². The van der Waals surface area contributed by atoms with Crippen molar-refractivity contribution in [3.8, 4) is 11.5 Å². The van der Waals surface area contributed by atoms with Gasteiger partial charge in [0.15, 0.2) is 0 Å². The highest BCUT2D eigenvalue weighted by Gasteiger charge is 2.25. The van der Waals surface area contributed by atoms with Gasteiger partial charge >= 0.3 is 0 Å². The molecule has 0 bridgehead atoms. The molecule has 1 heterocycles. The maximum atomic E-state index is 12.1. The van der Waals surface area contributed by atoms with Gasteiger partial charge in [0.2, 0.25) is 5.91 Å². The predicted octanol–water partition coefficient (Wildman–Crippen LogP) is 0.991. The van der Waals surface area contributed by atoms with Gasteiger partial charge in [0.1, 0.15) is 11.5 Å². The second kappa shape index (κ2) is 8.74. The summed E-state index contributed by atoms with van der Waals surface area (Å²) in [6.07, 6.45) is 1.97. The predicted molar refractivity (Wildman–Crippen MR) is 89.6 cm³/mol. The monoisotopic (exact) mass is 321 g/mol. The van der Waals surface area contributed by atoms with Gasteiger partial charge in [0, 0.05) is 32.2 Å². The highest BCUT2D eigenvalue weighted by atomic mass is 16.5. The molecular weight excluding hydrogens is 294 g/mol. The van der Waals surface area contributed by atoms with Crippen LogP contribution in [0.3, 0.4) is 0 Å². The molecule has 0 spiro atoms. The molecule has 1 unspecified atom stereocenters. The molecule has 0 aliphatic carbocycles. The van der Waals surface area contributed by atoms with Crippen LogP contribution in [0.2, 0.25) is 0 Å². The van der Waals surface area contributed by atoms with Crippen molar-refractivity contribution >= 4 is 5.91 Å². The molecule has 0 aromatic heterocycles. The summed E-state index contributed by atoms with van der Waals surface area (Å²) in [5.41, 5.74) is 6.57. The van der Waals surface area contributed by atoms with Crippen LogP contribution in [0.25, 0.3) is 0 Å². The molecule has 0 saturated carbocycles. The van der Waals surface area contributed by atoms with Crippen molar-refractivity contribution in [2.24, 2.45) is 11.7 Å². The fraction of sp³-hybridized carbons (Fsp3) is 0.588. The Kier molecular flexibility index (Phi) is 6.67. The first-order chi connectivity index (χ1) is 11.2. The summed E-state index contributed by atoms with van der Waals surface area (Å²) in [5, 5.41) is 2.89. The average molecular weight is 321 g/mol. The number of amides is 1. The first-order valence-electron chi connectivity index (χ1n) is 8.08. The number of hydrogen-bond donors (Lipinski definition) is 2. The summed E-state index contributed by atoms with van der Waals surface area (Å²) in [6, 6.07) is 5.89. The Hall–Kier alpha value is -1.79. The summed E-state index contributed by atoms with van der Waals surface area (Å²) in [4.78, 5) is 14.4. The van der Waals surface area contributed by atoms with Crippen LogP contribution < -0.4 is 20.5 Å². The van der Waals surface area contributed by atoms with E-state index in [1.54, 1.807) is 14.2 Å². The highest BCUT2D eigenvalue weighted by molar-refractivity contribution is 5.78. The van der Waals surface area contributed by atoms with Gasteiger partial charge in [-0.25, -0.2) is 0 Å². The minimum Gasteiger partial charge on any atom is -0.497 e. The SMILES string of the molecule is COc1cc(CN2CCCC(C(=O)NCCN)C2)cc(OC)c1. The fourth-order valence-corrected chi connectivity index (χ4v) is 2.97. The summed E-state index contributed by atoms with van der Waals surface area (Å²) in [5.74, 6) is 1.73. The number of nitrogens with two attached hydrogens (primary N) is 1. The minimum absolute atomic E-state index is 0.0443. The van der Waals surface area contributed by atoms with E-state index in [-0.39, 0.29) is 11.8 Å². The summed E-state index contributed by atoms with van der Waals surface area (Å²) >= 11 is 0. The number of hydrogen-bond acceptors (Lipinski definition) is 5. The lowest BCUT2D eigenvalue weighted by atomic mass is 9.96. The fourth-order valence-electron chi connectivity index (χ4n) is 2.97. The van der Waals surface area contributed by atoms with E-state index in [2.05, 4.69) is 10.2 Å². The highest BCUT2D eigenvalue weighted by Crippen LogP contribution is 2.25. The number of nitrogens with one attached hydrogen (secondary N) is 1. The van der Waals surface area contributed by atoms with Crippen LogP contribution in [0.15, 0.2) is 18.2 Å².